The number of hydrogen-bond acceptors (Lipinski definition) is 4. The van der Waals surface area contributed by atoms with Crippen LogP contribution in [-0.4, -0.2) is 32.9 Å². The molecule has 0 amide bonds. The molecule has 0 saturated carbocycles. The smallest absolute Gasteiger partial charge is 0.321 e. The summed E-state index contributed by atoms with van der Waals surface area (Å²) in [6.07, 6.45) is 0. The van der Waals surface area contributed by atoms with Gasteiger partial charge < -0.3 is 27.1 Å². The highest BCUT2D eigenvalue weighted by Gasteiger charge is 2.25. The molecule has 0 radical (unpaired) electrons. The number of aliphatic hydroxyl groups excluding tert-OH is 1. The fraction of sp³-hybridized carbons (Fsp3) is 0.133. The quantitative estimate of drug-likeness (QED) is 0.619. The van der Waals surface area contributed by atoms with Crippen LogP contribution in [0.4, 0.5) is 0 Å². The molecule has 2 N–H and O–H groups in total. The number of benzene rings is 2. The van der Waals surface area contributed by atoms with Gasteiger partial charge in [0.15, 0.2) is 0 Å². The summed E-state index contributed by atoms with van der Waals surface area (Å²) in [5.41, 5.74) is 0. The van der Waals surface area contributed by atoms with E-state index in [0.717, 1.165) is 10.6 Å². The topological polar surface area (TPSA) is 60.8 Å². The molecule has 0 aliphatic rings. The van der Waals surface area contributed by atoms with Crippen LogP contribution in [0, 0.1) is 0 Å². The third-order valence-corrected chi connectivity index (χ3v) is 5.92. The van der Waals surface area contributed by atoms with Crippen molar-refractivity contribution in [3.05, 3.63) is 60.7 Å². The van der Waals surface area contributed by atoms with Crippen molar-refractivity contribution >= 4 is 37.5 Å². The number of carboxylic acid groups (broad SMARTS) is 1. The Balaban J connectivity index is 2.44. The van der Waals surface area contributed by atoms with Crippen molar-refractivity contribution in [1.29, 1.82) is 0 Å². The predicted octanol–water partition coefficient (Wildman–Crippen LogP) is 1.24. The summed E-state index contributed by atoms with van der Waals surface area (Å²) >= 11 is 5.34. The second-order valence-corrected chi connectivity index (χ2v) is 7.07. The molecule has 2 aromatic carbocycles. The molecule has 4 nitrogen and oxygen atoms in total. The normalized spacial score (nSPS) is 12.6. The van der Waals surface area contributed by atoms with E-state index in [0.29, 0.717) is 0 Å². The minimum Gasteiger partial charge on any atom is -0.696 e. The first-order valence-electron chi connectivity index (χ1n) is 6.35. The van der Waals surface area contributed by atoms with Gasteiger partial charge in [-0.25, -0.2) is 0 Å². The van der Waals surface area contributed by atoms with Crippen molar-refractivity contribution in [3.8, 4) is 0 Å². The van der Waals surface area contributed by atoms with Gasteiger partial charge in [-0.15, -0.1) is 0 Å². The summed E-state index contributed by atoms with van der Waals surface area (Å²) in [6.45, 7) is -0.517. The van der Waals surface area contributed by atoms with Gasteiger partial charge in [-0.05, 0) is 10.6 Å². The monoisotopic (exact) mass is 320 g/mol. The van der Waals surface area contributed by atoms with Crippen molar-refractivity contribution in [2.45, 2.75) is 6.04 Å². The Morgan fingerprint density at radius 3 is 1.81 bits per heavy atom. The lowest BCUT2D eigenvalue weighted by atomic mass is 10.3. The zero-order valence-corrected chi connectivity index (χ0v) is 12.9. The van der Waals surface area contributed by atoms with Gasteiger partial charge in [-0.2, -0.15) is 0 Å². The van der Waals surface area contributed by atoms with E-state index in [1.54, 1.807) is 0 Å². The van der Waals surface area contributed by atoms with Crippen molar-refractivity contribution in [2.24, 2.45) is 0 Å². The molecule has 0 aliphatic heterocycles. The van der Waals surface area contributed by atoms with E-state index in [4.69, 9.17) is 12.8 Å². The average Bonchev–Trinajstić information content (AvgIpc) is 2.50. The molecule has 0 heterocycles. The Morgan fingerprint density at radius 1 is 1.05 bits per heavy atom. The summed E-state index contributed by atoms with van der Waals surface area (Å²) in [6, 6.07) is 18.0. The van der Waals surface area contributed by atoms with Crippen molar-refractivity contribution < 1.29 is 15.0 Å². The highest BCUT2D eigenvalue weighted by atomic mass is 32.1. The zero-order chi connectivity index (χ0) is 15.2. The molecule has 1 atom stereocenters. The molecule has 0 saturated heterocycles. The summed E-state index contributed by atoms with van der Waals surface area (Å²) in [7, 11) is -1.18. The van der Waals surface area contributed by atoms with Gasteiger partial charge >= 0.3 is 5.97 Å². The molecule has 0 bridgehead atoms. The molecule has 110 valence electrons. The maximum absolute atomic E-state index is 11.3. The predicted molar refractivity (Wildman–Crippen MR) is 86.8 cm³/mol. The molecule has 2 rings (SSSR count). The maximum Gasteiger partial charge on any atom is 0.321 e. The van der Waals surface area contributed by atoms with Crippen LogP contribution in [0.15, 0.2) is 60.7 Å². The van der Waals surface area contributed by atoms with Gasteiger partial charge in [-0.1, -0.05) is 60.7 Å². The van der Waals surface area contributed by atoms with E-state index in [9.17, 15) is 15.0 Å². The van der Waals surface area contributed by atoms with Crippen LogP contribution in [0.25, 0.3) is 0 Å². The van der Waals surface area contributed by atoms with Crippen LogP contribution in [0.5, 0.6) is 0 Å². The number of nitrogens with zero attached hydrogens (tertiary/aromatic N) is 1. The second kappa shape index (κ2) is 7.57. The van der Waals surface area contributed by atoms with E-state index in [-0.39, 0.29) is 0 Å². The molecule has 0 fully saturated rings. The molecule has 2 aromatic rings. The first-order chi connectivity index (χ1) is 10.1. The standard InChI is InChI=1S/C15H15NO3PS/c17-11-14(15(18)19)16(21)20(12-7-3-1-4-8-12)13-9-5-2-6-10-13/h1-10,14,17H,11H2,(H,18,19)/q-1. The van der Waals surface area contributed by atoms with E-state index in [1.807, 2.05) is 60.7 Å². The van der Waals surface area contributed by atoms with Gasteiger partial charge in [-0.3, -0.25) is 4.79 Å². The van der Waals surface area contributed by atoms with Crippen LogP contribution in [-0.2, 0) is 17.6 Å². The number of carbonyl (C=O) groups is 1. The van der Waals surface area contributed by atoms with Crippen LogP contribution < -0.4 is 10.6 Å². The van der Waals surface area contributed by atoms with Gasteiger partial charge in [0.1, 0.15) is 6.04 Å². The molecule has 6 heteroatoms. The SMILES string of the molecule is O=C(O)C(CO)N([S-])P(c1ccccc1)c1ccccc1. The fourth-order valence-electron chi connectivity index (χ4n) is 1.90. The minimum absolute atomic E-state index is 0.517. The number of hydrogen-bond donors (Lipinski definition) is 2. The first-order valence-corrected chi connectivity index (χ1v) is 8.01. The lowest BCUT2D eigenvalue weighted by molar-refractivity contribution is -0.141. The maximum atomic E-state index is 11.3. The number of rotatable bonds is 6. The van der Waals surface area contributed by atoms with Gasteiger partial charge in [0.2, 0.25) is 0 Å². The van der Waals surface area contributed by atoms with Crippen LogP contribution in [0.3, 0.4) is 0 Å². The van der Waals surface area contributed by atoms with E-state index >= 15 is 0 Å². The first kappa shape index (κ1) is 16.0. The highest BCUT2D eigenvalue weighted by molar-refractivity contribution is 7.80. The van der Waals surface area contributed by atoms with Gasteiger partial charge in [0, 0.05) is 8.07 Å². The Morgan fingerprint density at radius 2 is 1.48 bits per heavy atom. The summed E-state index contributed by atoms with van der Waals surface area (Å²) in [4.78, 5) is 11.3. The summed E-state index contributed by atoms with van der Waals surface area (Å²) < 4.78 is 1.34. The molecule has 0 aliphatic carbocycles. The average molecular weight is 320 g/mol. The molecule has 0 spiro atoms. The summed E-state index contributed by atoms with van der Waals surface area (Å²) in [5, 5.41) is 20.5. The second-order valence-electron chi connectivity index (χ2n) is 4.32. The molecular formula is C15H15NO3PS-. The van der Waals surface area contributed by atoms with Crippen LogP contribution >= 0.6 is 8.07 Å². The largest absolute Gasteiger partial charge is 0.696 e. The van der Waals surface area contributed by atoms with Crippen LogP contribution in [0.2, 0.25) is 0 Å². The third-order valence-electron chi connectivity index (χ3n) is 2.92. The third kappa shape index (κ3) is 3.83. The lowest BCUT2D eigenvalue weighted by Crippen LogP contribution is -2.41. The number of aliphatic hydroxyl groups is 1. The van der Waals surface area contributed by atoms with E-state index < -0.39 is 26.7 Å². The zero-order valence-electron chi connectivity index (χ0n) is 11.2. The van der Waals surface area contributed by atoms with Crippen molar-refractivity contribution in [2.75, 3.05) is 6.61 Å². The van der Waals surface area contributed by atoms with Crippen molar-refractivity contribution in [1.82, 2.24) is 4.08 Å². The van der Waals surface area contributed by atoms with Gasteiger partial charge in [0.25, 0.3) is 0 Å². The van der Waals surface area contributed by atoms with Gasteiger partial charge in [0.05, 0.1) is 6.61 Å². The Bertz CT molecular complexity index is 542. The highest BCUT2D eigenvalue weighted by Crippen LogP contribution is 2.38. The Hall–Kier alpha value is -1.39. The Labute approximate surface area is 130 Å². The molecule has 0 aromatic heterocycles. The number of aliphatic carboxylic acids is 1. The summed E-state index contributed by atoms with van der Waals surface area (Å²) in [5.74, 6) is -1.12. The van der Waals surface area contributed by atoms with Crippen LogP contribution in [0.1, 0.15) is 0 Å². The number of carboxylic acids is 1. The van der Waals surface area contributed by atoms with E-state index in [2.05, 4.69) is 0 Å². The Kier molecular flexibility index (Phi) is 5.76. The molecule has 1 unspecified atom stereocenters. The molecular weight excluding hydrogens is 305 g/mol. The van der Waals surface area contributed by atoms with Crippen molar-refractivity contribution in [3.63, 3.8) is 0 Å². The lowest BCUT2D eigenvalue weighted by Gasteiger charge is -2.42. The molecule has 21 heavy (non-hydrogen) atoms. The fourth-order valence-corrected chi connectivity index (χ4v) is 4.73. The minimum atomic E-state index is -1.18. The van der Waals surface area contributed by atoms with E-state index in [1.165, 1.54) is 4.08 Å².